The minimum Gasteiger partial charge on any atom is -0.401 e. The van der Waals surface area contributed by atoms with Gasteiger partial charge in [-0.05, 0) is 24.1 Å². The number of benzene rings is 1. The monoisotopic (exact) mass is 160 g/mol. The summed E-state index contributed by atoms with van der Waals surface area (Å²) in [7, 11) is 0. The van der Waals surface area contributed by atoms with Crippen molar-refractivity contribution in [1.82, 2.24) is 0 Å². The third kappa shape index (κ3) is 0.961. The molecule has 0 spiro atoms. The zero-order chi connectivity index (χ0) is 8.55. The summed E-state index contributed by atoms with van der Waals surface area (Å²) in [4.78, 5) is 0. The largest absolute Gasteiger partial charge is 0.401 e. The molecule has 0 amide bonds. The molecule has 0 saturated heterocycles. The van der Waals surface area contributed by atoms with E-state index in [0.29, 0.717) is 0 Å². The van der Waals surface area contributed by atoms with E-state index in [0.717, 1.165) is 29.4 Å². The third-order valence-electron chi connectivity index (χ3n) is 2.23. The topological polar surface area (TPSA) is 52.0 Å². The second-order valence-electron chi connectivity index (χ2n) is 3.08. The number of hydrogen-bond acceptors (Lipinski definition) is 2. The average Bonchev–Trinajstić information content (AvgIpc) is 2.04. The van der Waals surface area contributed by atoms with Gasteiger partial charge in [0.2, 0.25) is 0 Å². The molecule has 1 aliphatic rings. The predicted octanol–water partition coefficient (Wildman–Crippen LogP) is -0.0900. The molecule has 62 valence electrons. The van der Waals surface area contributed by atoms with Gasteiger partial charge in [-0.1, -0.05) is 18.2 Å². The molecule has 4 N–H and O–H groups in total. The van der Waals surface area contributed by atoms with Crippen LogP contribution < -0.4 is 21.9 Å². The summed E-state index contributed by atoms with van der Waals surface area (Å²) in [6.07, 6.45) is 4.14. The van der Waals surface area contributed by atoms with Crippen molar-refractivity contribution in [3.63, 3.8) is 0 Å². The lowest BCUT2D eigenvalue weighted by molar-refractivity contribution is 1.05. The van der Waals surface area contributed by atoms with Crippen LogP contribution in [-0.2, 0) is 0 Å². The molecule has 0 heterocycles. The lowest BCUT2D eigenvalue weighted by Crippen LogP contribution is -2.34. The van der Waals surface area contributed by atoms with Crippen molar-refractivity contribution in [2.45, 2.75) is 12.8 Å². The van der Waals surface area contributed by atoms with Crippen molar-refractivity contribution in [3.8, 4) is 0 Å². The Morgan fingerprint density at radius 1 is 1.17 bits per heavy atom. The first-order valence-electron chi connectivity index (χ1n) is 4.12. The van der Waals surface area contributed by atoms with Crippen LogP contribution in [0.3, 0.4) is 0 Å². The zero-order valence-corrected chi connectivity index (χ0v) is 6.88. The van der Waals surface area contributed by atoms with Crippen molar-refractivity contribution in [2.24, 2.45) is 5.73 Å². The molecule has 0 atom stereocenters. The molecule has 0 radical (unpaired) electrons. The lowest BCUT2D eigenvalue weighted by Gasteiger charge is -2.07. The highest BCUT2D eigenvalue weighted by Gasteiger charge is 2.01. The number of nitrogen functional groups attached to an aromatic ring is 1. The van der Waals surface area contributed by atoms with Crippen LogP contribution in [-0.4, -0.2) is 0 Å². The van der Waals surface area contributed by atoms with Crippen LogP contribution in [0.15, 0.2) is 18.2 Å². The Kier molecular flexibility index (Phi) is 1.54. The maximum absolute atomic E-state index is 5.86. The third-order valence-corrected chi connectivity index (χ3v) is 2.23. The minimum absolute atomic E-state index is 0.793. The fraction of sp³-hybridized carbons (Fsp3) is 0.200. The van der Waals surface area contributed by atoms with Crippen LogP contribution >= 0.6 is 0 Å². The number of fused-ring (bicyclic) bond motifs is 1. The highest BCUT2D eigenvalue weighted by molar-refractivity contribution is 5.56. The van der Waals surface area contributed by atoms with Gasteiger partial charge in [0.25, 0.3) is 0 Å². The number of nitrogens with two attached hydrogens (primary N) is 2. The molecule has 1 aliphatic carbocycles. The van der Waals surface area contributed by atoms with Gasteiger partial charge >= 0.3 is 0 Å². The highest BCUT2D eigenvalue weighted by atomic mass is 14.6. The molecule has 0 bridgehead atoms. The molecule has 0 saturated carbocycles. The maximum Gasteiger partial charge on any atom is 0.0411 e. The van der Waals surface area contributed by atoms with Crippen LogP contribution in [0.4, 0.5) is 5.69 Å². The van der Waals surface area contributed by atoms with Crippen LogP contribution in [0.25, 0.3) is 11.8 Å². The van der Waals surface area contributed by atoms with E-state index in [-0.39, 0.29) is 0 Å². The van der Waals surface area contributed by atoms with E-state index < -0.39 is 0 Å². The van der Waals surface area contributed by atoms with Gasteiger partial charge in [0.15, 0.2) is 0 Å². The summed E-state index contributed by atoms with van der Waals surface area (Å²) >= 11 is 0. The Morgan fingerprint density at radius 2 is 2.00 bits per heavy atom. The summed E-state index contributed by atoms with van der Waals surface area (Å²) in [5.74, 6) is 0. The van der Waals surface area contributed by atoms with Crippen LogP contribution in [0, 0.1) is 0 Å². The number of rotatable bonds is 0. The summed E-state index contributed by atoms with van der Waals surface area (Å²) in [6, 6.07) is 5.91. The van der Waals surface area contributed by atoms with Crippen LogP contribution in [0.5, 0.6) is 0 Å². The first kappa shape index (κ1) is 7.22. The number of anilines is 1. The summed E-state index contributed by atoms with van der Waals surface area (Å²) in [6.45, 7) is 0. The molecule has 2 rings (SSSR count). The van der Waals surface area contributed by atoms with Crippen LogP contribution in [0.1, 0.15) is 12.8 Å². The Morgan fingerprint density at radius 3 is 2.75 bits per heavy atom. The van der Waals surface area contributed by atoms with E-state index in [1.165, 1.54) is 5.22 Å². The fourth-order valence-electron chi connectivity index (χ4n) is 1.64. The first-order chi connectivity index (χ1) is 5.79. The van der Waals surface area contributed by atoms with Crippen molar-refractivity contribution in [3.05, 3.63) is 28.6 Å². The zero-order valence-electron chi connectivity index (χ0n) is 6.88. The minimum atomic E-state index is 0.793. The van der Waals surface area contributed by atoms with Crippen molar-refractivity contribution in [1.29, 1.82) is 0 Å². The molecule has 1 aromatic rings. The van der Waals surface area contributed by atoms with Gasteiger partial charge in [-0.15, -0.1) is 0 Å². The molecule has 0 aliphatic heterocycles. The highest BCUT2D eigenvalue weighted by Crippen LogP contribution is 2.03. The first-order valence-corrected chi connectivity index (χ1v) is 4.12. The van der Waals surface area contributed by atoms with Gasteiger partial charge in [0.05, 0.1) is 0 Å². The number of hydrogen-bond donors (Lipinski definition) is 2. The molecule has 1 aromatic carbocycles. The van der Waals surface area contributed by atoms with Gasteiger partial charge in [0, 0.05) is 16.6 Å². The summed E-state index contributed by atoms with van der Waals surface area (Å²) in [5, 5.41) is 2.22. The second-order valence-corrected chi connectivity index (χ2v) is 3.08. The van der Waals surface area contributed by atoms with E-state index in [9.17, 15) is 0 Å². The van der Waals surface area contributed by atoms with Crippen molar-refractivity contribution in [2.75, 3.05) is 5.73 Å². The van der Waals surface area contributed by atoms with Crippen LogP contribution in [0.2, 0.25) is 0 Å². The fourth-order valence-corrected chi connectivity index (χ4v) is 1.64. The molecule has 0 unspecified atom stereocenters. The molecule has 12 heavy (non-hydrogen) atoms. The maximum atomic E-state index is 5.86. The quantitative estimate of drug-likeness (QED) is 0.521. The molecule has 2 nitrogen and oxygen atoms in total. The standard InChI is InChI=1S/C10H12N2/c11-8-5-1-3-7-4-2-6-9(12)10(7)8/h1,3-5H,2,6,11-12H2. The van der Waals surface area contributed by atoms with E-state index in [1.807, 2.05) is 12.1 Å². The SMILES string of the molecule is NC1=c2c(N)cccc2=CCC1. The molecule has 0 aromatic heterocycles. The van der Waals surface area contributed by atoms with E-state index in [1.54, 1.807) is 0 Å². The van der Waals surface area contributed by atoms with Gasteiger partial charge in [-0.3, -0.25) is 0 Å². The smallest absolute Gasteiger partial charge is 0.0411 e. The summed E-state index contributed by atoms with van der Waals surface area (Å²) < 4.78 is 0. The Balaban J connectivity index is 2.95. The van der Waals surface area contributed by atoms with Crippen molar-refractivity contribution < 1.29 is 0 Å². The second kappa shape index (κ2) is 2.55. The predicted molar refractivity (Wildman–Crippen MR) is 51.4 cm³/mol. The van der Waals surface area contributed by atoms with Crippen molar-refractivity contribution >= 4 is 17.5 Å². The van der Waals surface area contributed by atoms with E-state index in [4.69, 9.17) is 11.5 Å². The van der Waals surface area contributed by atoms with Gasteiger partial charge in [-0.25, -0.2) is 0 Å². The summed E-state index contributed by atoms with van der Waals surface area (Å²) in [5.41, 5.74) is 13.4. The Bertz CT molecular complexity index is 418. The lowest BCUT2D eigenvalue weighted by atomic mass is 10.0. The van der Waals surface area contributed by atoms with E-state index in [2.05, 4.69) is 12.1 Å². The molecular formula is C10H12N2. The van der Waals surface area contributed by atoms with Gasteiger partial charge < -0.3 is 11.5 Å². The Hall–Kier alpha value is -1.44. The molecule has 2 heteroatoms. The van der Waals surface area contributed by atoms with E-state index >= 15 is 0 Å². The van der Waals surface area contributed by atoms with Gasteiger partial charge in [0.1, 0.15) is 0 Å². The molecule has 0 fully saturated rings. The molecular weight excluding hydrogens is 148 g/mol. The normalized spacial score (nSPS) is 15.2. The van der Waals surface area contributed by atoms with Gasteiger partial charge in [-0.2, -0.15) is 0 Å². The Labute approximate surface area is 71.2 Å². The average molecular weight is 160 g/mol.